The number of hydrogen-bond donors (Lipinski definition) is 0. The molecule has 1 aromatic carbocycles. The van der Waals surface area contributed by atoms with Crippen LogP contribution in [0.15, 0.2) is 29.2 Å². The average molecular weight is 180 g/mol. The molecular formula is C10H9FS. The highest BCUT2D eigenvalue weighted by Gasteiger charge is 1.94. The van der Waals surface area contributed by atoms with E-state index < -0.39 is 0 Å². The lowest BCUT2D eigenvalue weighted by molar-refractivity contribution is 0.624. The van der Waals surface area contributed by atoms with E-state index in [-0.39, 0.29) is 5.82 Å². The molecule has 0 heterocycles. The molecule has 0 aliphatic heterocycles. The lowest BCUT2D eigenvalue weighted by Crippen LogP contribution is -1.78. The summed E-state index contributed by atoms with van der Waals surface area (Å²) in [6.07, 6.45) is 5.81. The summed E-state index contributed by atoms with van der Waals surface area (Å²) in [5, 5.41) is 0. The van der Waals surface area contributed by atoms with Crippen LogP contribution in [0.2, 0.25) is 0 Å². The molecule has 0 amide bonds. The Morgan fingerprint density at radius 3 is 3.00 bits per heavy atom. The number of hydrogen-bond acceptors (Lipinski definition) is 1. The monoisotopic (exact) mass is 180 g/mol. The van der Waals surface area contributed by atoms with Crippen molar-refractivity contribution in [2.45, 2.75) is 11.3 Å². The van der Waals surface area contributed by atoms with E-state index in [2.05, 4.69) is 5.92 Å². The van der Waals surface area contributed by atoms with E-state index in [9.17, 15) is 4.39 Å². The Morgan fingerprint density at radius 2 is 2.33 bits per heavy atom. The number of rotatable bonds is 3. The Labute approximate surface area is 76.2 Å². The van der Waals surface area contributed by atoms with Gasteiger partial charge in [-0.3, -0.25) is 0 Å². The van der Waals surface area contributed by atoms with Gasteiger partial charge >= 0.3 is 0 Å². The summed E-state index contributed by atoms with van der Waals surface area (Å²) in [5.74, 6) is 3.19. The van der Waals surface area contributed by atoms with Crippen molar-refractivity contribution in [2.24, 2.45) is 0 Å². The Hall–Kier alpha value is -0.940. The fourth-order valence-corrected chi connectivity index (χ4v) is 1.61. The smallest absolute Gasteiger partial charge is 0.124 e. The van der Waals surface area contributed by atoms with Gasteiger partial charge in [-0.2, -0.15) is 0 Å². The third-order valence-corrected chi connectivity index (χ3v) is 2.31. The van der Waals surface area contributed by atoms with Crippen LogP contribution in [0, 0.1) is 18.2 Å². The van der Waals surface area contributed by atoms with E-state index in [4.69, 9.17) is 6.42 Å². The van der Waals surface area contributed by atoms with Crippen LogP contribution in [0.5, 0.6) is 0 Å². The molecule has 1 rings (SSSR count). The molecule has 0 atom stereocenters. The first-order chi connectivity index (χ1) is 5.83. The van der Waals surface area contributed by atoms with Gasteiger partial charge in [-0.25, -0.2) is 4.39 Å². The molecule has 0 aromatic heterocycles. The highest BCUT2D eigenvalue weighted by Crippen LogP contribution is 2.18. The van der Waals surface area contributed by atoms with Gasteiger partial charge in [0, 0.05) is 17.1 Å². The lowest BCUT2D eigenvalue weighted by Gasteiger charge is -1.97. The van der Waals surface area contributed by atoms with Crippen LogP contribution >= 0.6 is 11.8 Å². The maximum atomic E-state index is 12.6. The summed E-state index contributed by atoms with van der Waals surface area (Å²) in [6, 6.07) is 6.53. The summed E-state index contributed by atoms with van der Waals surface area (Å²) in [4.78, 5) is 0.935. The fraction of sp³-hybridized carbons (Fsp3) is 0.200. The lowest BCUT2D eigenvalue weighted by atomic mass is 10.4. The average Bonchev–Trinajstić information content (AvgIpc) is 2.05. The number of benzene rings is 1. The fourth-order valence-electron chi connectivity index (χ4n) is 0.785. The minimum absolute atomic E-state index is 0.194. The predicted octanol–water partition coefficient (Wildman–Crippen LogP) is 2.94. The van der Waals surface area contributed by atoms with Gasteiger partial charge in [0.2, 0.25) is 0 Å². The molecular weight excluding hydrogens is 171 g/mol. The van der Waals surface area contributed by atoms with Crippen LogP contribution in [-0.2, 0) is 0 Å². The van der Waals surface area contributed by atoms with Crippen molar-refractivity contribution in [3.05, 3.63) is 30.1 Å². The van der Waals surface area contributed by atoms with Gasteiger partial charge in [-0.05, 0) is 18.2 Å². The molecule has 0 saturated heterocycles. The Kier molecular flexibility index (Phi) is 3.69. The normalized spacial score (nSPS) is 9.33. The van der Waals surface area contributed by atoms with Crippen LogP contribution in [0.3, 0.4) is 0 Å². The second-order valence-corrected chi connectivity index (χ2v) is 3.43. The van der Waals surface area contributed by atoms with Crippen LogP contribution in [0.25, 0.3) is 0 Å². The molecule has 0 aliphatic carbocycles. The highest BCUT2D eigenvalue weighted by atomic mass is 32.2. The zero-order valence-electron chi connectivity index (χ0n) is 6.59. The van der Waals surface area contributed by atoms with E-state index >= 15 is 0 Å². The van der Waals surface area contributed by atoms with Gasteiger partial charge in [0.1, 0.15) is 5.82 Å². The molecule has 0 spiro atoms. The van der Waals surface area contributed by atoms with Crippen molar-refractivity contribution in [2.75, 3.05) is 5.75 Å². The summed E-state index contributed by atoms with van der Waals surface area (Å²) >= 11 is 1.58. The number of halogens is 1. The Morgan fingerprint density at radius 1 is 1.50 bits per heavy atom. The van der Waals surface area contributed by atoms with Crippen LogP contribution in [-0.4, -0.2) is 5.75 Å². The van der Waals surface area contributed by atoms with Crippen molar-refractivity contribution >= 4 is 11.8 Å². The summed E-state index contributed by atoms with van der Waals surface area (Å²) < 4.78 is 12.6. The molecule has 12 heavy (non-hydrogen) atoms. The quantitative estimate of drug-likeness (QED) is 0.391. The summed E-state index contributed by atoms with van der Waals surface area (Å²) in [6.45, 7) is 0. The van der Waals surface area contributed by atoms with Crippen molar-refractivity contribution in [3.8, 4) is 12.3 Å². The number of terminal acetylenes is 1. The van der Waals surface area contributed by atoms with E-state index in [0.717, 1.165) is 17.1 Å². The minimum atomic E-state index is -0.194. The van der Waals surface area contributed by atoms with Gasteiger partial charge < -0.3 is 0 Å². The molecule has 0 saturated carbocycles. The second kappa shape index (κ2) is 4.84. The van der Waals surface area contributed by atoms with E-state index in [1.807, 2.05) is 6.07 Å². The SMILES string of the molecule is C#CCCSc1cccc(F)c1. The molecule has 0 N–H and O–H groups in total. The van der Waals surface area contributed by atoms with Gasteiger partial charge in [-0.1, -0.05) is 6.07 Å². The second-order valence-electron chi connectivity index (χ2n) is 2.26. The molecule has 2 heteroatoms. The summed E-state index contributed by atoms with van der Waals surface area (Å²) in [7, 11) is 0. The zero-order valence-corrected chi connectivity index (χ0v) is 7.40. The van der Waals surface area contributed by atoms with E-state index in [1.54, 1.807) is 17.8 Å². The maximum Gasteiger partial charge on any atom is 0.124 e. The van der Waals surface area contributed by atoms with Crippen molar-refractivity contribution in [3.63, 3.8) is 0 Å². The molecule has 0 nitrogen and oxygen atoms in total. The minimum Gasteiger partial charge on any atom is -0.207 e. The Bertz CT molecular complexity index is 288. The maximum absolute atomic E-state index is 12.6. The molecule has 0 radical (unpaired) electrons. The molecule has 1 aromatic rings. The first-order valence-corrected chi connectivity index (χ1v) is 4.63. The van der Waals surface area contributed by atoms with Crippen molar-refractivity contribution < 1.29 is 4.39 Å². The third-order valence-electron chi connectivity index (χ3n) is 1.31. The van der Waals surface area contributed by atoms with E-state index in [1.165, 1.54) is 12.1 Å². The standard InChI is InChI=1S/C10H9FS/c1-2-3-7-12-10-6-4-5-9(11)8-10/h1,4-6,8H,3,7H2. The molecule has 62 valence electrons. The van der Waals surface area contributed by atoms with E-state index in [0.29, 0.717) is 0 Å². The van der Waals surface area contributed by atoms with Crippen molar-refractivity contribution in [1.82, 2.24) is 0 Å². The molecule has 0 fully saturated rings. The van der Waals surface area contributed by atoms with Gasteiger partial charge in [-0.15, -0.1) is 24.1 Å². The largest absolute Gasteiger partial charge is 0.207 e. The van der Waals surface area contributed by atoms with Gasteiger partial charge in [0.05, 0.1) is 0 Å². The van der Waals surface area contributed by atoms with Gasteiger partial charge in [0.25, 0.3) is 0 Å². The summed E-state index contributed by atoms with van der Waals surface area (Å²) in [5.41, 5.74) is 0. The topological polar surface area (TPSA) is 0 Å². The highest BCUT2D eigenvalue weighted by molar-refractivity contribution is 7.99. The zero-order chi connectivity index (χ0) is 8.81. The van der Waals surface area contributed by atoms with Crippen LogP contribution < -0.4 is 0 Å². The first kappa shape index (κ1) is 9.15. The predicted molar refractivity (Wildman–Crippen MR) is 50.6 cm³/mol. The Balaban J connectivity index is 2.48. The van der Waals surface area contributed by atoms with Crippen molar-refractivity contribution in [1.29, 1.82) is 0 Å². The van der Waals surface area contributed by atoms with Gasteiger partial charge in [0.15, 0.2) is 0 Å². The van der Waals surface area contributed by atoms with Crippen LogP contribution in [0.4, 0.5) is 4.39 Å². The molecule has 0 bridgehead atoms. The first-order valence-electron chi connectivity index (χ1n) is 3.65. The van der Waals surface area contributed by atoms with Crippen LogP contribution in [0.1, 0.15) is 6.42 Å². The molecule has 0 aliphatic rings. The molecule has 0 unspecified atom stereocenters. The number of thioether (sulfide) groups is 1. The third kappa shape index (κ3) is 2.98.